The summed E-state index contributed by atoms with van der Waals surface area (Å²) in [6, 6.07) is 30.8. The maximum absolute atomic E-state index is 12.6. The number of nitriles is 1. The smallest absolute Gasteiger partial charge is 0.262 e. The van der Waals surface area contributed by atoms with Gasteiger partial charge in [-0.05, 0) is 91.4 Å². The van der Waals surface area contributed by atoms with Gasteiger partial charge in [-0.3, -0.25) is 4.79 Å². The van der Waals surface area contributed by atoms with Crippen molar-refractivity contribution >= 4 is 43.8 Å². The van der Waals surface area contributed by atoms with Crippen molar-refractivity contribution in [3.63, 3.8) is 0 Å². The third-order valence-electron chi connectivity index (χ3n) is 5.92. The van der Waals surface area contributed by atoms with Gasteiger partial charge < -0.3 is 19.5 Å². The van der Waals surface area contributed by atoms with Gasteiger partial charge in [0.25, 0.3) is 5.91 Å². The fourth-order valence-electron chi connectivity index (χ4n) is 3.91. The van der Waals surface area contributed by atoms with Crippen molar-refractivity contribution in [3.8, 4) is 23.3 Å². The highest BCUT2D eigenvalue weighted by atomic mass is 79.9. The van der Waals surface area contributed by atoms with Crippen LogP contribution in [0.1, 0.15) is 29.2 Å². The Labute approximate surface area is 256 Å². The zero-order valence-corrected chi connectivity index (χ0v) is 25.6. The molecule has 0 fully saturated rings. The SMILES string of the molecule is CCOc1cc(COc2c(Br)cc(/C=C(\C#N)C(=O)NCc3ccccc3)cc2Br)ccc1OCc1ccccc1. The van der Waals surface area contributed by atoms with Gasteiger partial charge in [-0.25, -0.2) is 0 Å². The minimum Gasteiger partial charge on any atom is -0.490 e. The van der Waals surface area contributed by atoms with Gasteiger partial charge in [-0.2, -0.15) is 5.26 Å². The van der Waals surface area contributed by atoms with Gasteiger partial charge in [0.2, 0.25) is 0 Å². The molecule has 0 heterocycles. The molecule has 1 N–H and O–H groups in total. The third-order valence-corrected chi connectivity index (χ3v) is 7.10. The van der Waals surface area contributed by atoms with Crippen LogP contribution < -0.4 is 19.5 Å². The molecular weight excluding hydrogens is 648 g/mol. The average molecular weight is 676 g/mol. The topological polar surface area (TPSA) is 80.6 Å². The average Bonchev–Trinajstić information content (AvgIpc) is 2.99. The first-order chi connectivity index (χ1) is 20.0. The van der Waals surface area contributed by atoms with E-state index in [1.54, 1.807) is 18.2 Å². The predicted molar refractivity (Wildman–Crippen MR) is 166 cm³/mol. The van der Waals surface area contributed by atoms with Crippen LogP contribution >= 0.6 is 31.9 Å². The zero-order chi connectivity index (χ0) is 29.0. The van der Waals surface area contributed by atoms with Crippen LogP contribution in [0.25, 0.3) is 6.08 Å². The van der Waals surface area contributed by atoms with Crippen molar-refractivity contribution in [3.05, 3.63) is 128 Å². The van der Waals surface area contributed by atoms with E-state index in [-0.39, 0.29) is 12.2 Å². The lowest BCUT2D eigenvalue weighted by Gasteiger charge is -2.15. The molecule has 6 nitrogen and oxygen atoms in total. The quantitative estimate of drug-likeness (QED) is 0.122. The maximum atomic E-state index is 12.6. The largest absolute Gasteiger partial charge is 0.490 e. The first-order valence-electron chi connectivity index (χ1n) is 12.9. The molecule has 0 atom stereocenters. The van der Waals surface area contributed by atoms with Crippen LogP contribution in [-0.2, 0) is 24.6 Å². The molecule has 8 heteroatoms. The first-order valence-corrected chi connectivity index (χ1v) is 14.5. The maximum Gasteiger partial charge on any atom is 0.262 e. The summed E-state index contributed by atoms with van der Waals surface area (Å²) in [6.45, 7) is 3.51. The van der Waals surface area contributed by atoms with Crippen molar-refractivity contribution in [2.75, 3.05) is 6.61 Å². The summed E-state index contributed by atoms with van der Waals surface area (Å²) in [4.78, 5) is 12.6. The number of nitrogens with one attached hydrogen (secondary N) is 1. The number of amides is 1. The number of halogens is 2. The number of hydrogen-bond donors (Lipinski definition) is 1. The summed E-state index contributed by atoms with van der Waals surface area (Å²) in [5.74, 6) is 1.47. The molecule has 0 unspecified atom stereocenters. The normalized spacial score (nSPS) is 10.9. The van der Waals surface area contributed by atoms with E-state index in [1.807, 2.05) is 91.9 Å². The lowest BCUT2D eigenvalue weighted by molar-refractivity contribution is -0.117. The van der Waals surface area contributed by atoms with E-state index < -0.39 is 5.91 Å². The standard InChI is InChI=1S/C33H28Br2N2O4/c1-2-39-31-18-25(13-14-30(31)40-21-24-11-7-4-8-12-24)22-41-32-28(34)16-26(17-29(32)35)15-27(19-36)33(38)37-20-23-9-5-3-6-10-23/h3-18H,2,20-22H2,1H3,(H,37,38)/b27-15+. The van der Waals surface area contributed by atoms with Gasteiger partial charge in [-0.1, -0.05) is 66.7 Å². The van der Waals surface area contributed by atoms with Gasteiger partial charge in [-0.15, -0.1) is 0 Å². The second-order valence-corrected chi connectivity index (χ2v) is 10.6. The third kappa shape index (κ3) is 8.71. The summed E-state index contributed by atoms with van der Waals surface area (Å²) in [7, 11) is 0. The van der Waals surface area contributed by atoms with Crippen LogP contribution in [0.4, 0.5) is 0 Å². The van der Waals surface area contributed by atoms with Crippen molar-refractivity contribution < 1.29 is 19.0 Å². The molecule has 0 bridgehead atoms. The Morgan fingerprint density at radius 3 is 2.07 bits per heavy atom. The summed E-state index contributed by atoms with van der Waals surface area (Å²) in [5, 5.41) is 12.4. The van der Waals surface area contributed by atoms with E-state index in [2.05, 4.69) is 37.2 Å². The fourth-order valence-corrected chi connectivity index (χ4v) is 5.36. The van der Waals surface area contributed by atoms with Gasteiger partial charge in [0, 0.05) is 6.54 Å². The highest BCUT2D eigenvalue weighted by molar-refractivity contribution is 9.11. The van der Waals surface area contributed by atoms with Crippen molar-refractivity contribution in [2.24, 2.45) is 0 Å². The molecule has 0 aliphatic rings. The molecule has 0 saturated heterocycles. The number of benzene rings is 4. The van der Waals surface area contributed by atoms with E-state index in [9.17, 15) is 10.1 Å². The highest BCUT2D eigenvalue weighted by Gasteiger charge is 2.14. The first kappa shape index (κ1) is 29.9. The fraction of sp³-hybridized carbons (Fsp3) is 0.152. The summed E-state index contributed by atoms with van der Waals surface area (Å²) in [5.41, 5.74) is 3.61. The predicted octanol–water partition coefficient (Wildman–Crippen LogP) is 7.99. The number of nitrogens with zero attached hydrogens (tertiary/aromatic N) is 1. The second-order valence-electron chi connectivity index (χ2n) is 8.93. The number of rotatable bonds is 12. The Balaban J connectivity index is 1.42. The van der Waals surface area contributed by atoms with Crippen molar-refractivity contribution in [2.45, 2.75) is 26.7 Å². The molecule has 0 spiro atoms. The summed E-state index contributed by atoms with van der Waals surface area (Å²) < 4.78 is 19.3. The Bertz CT molecular complexity index is 1530. The summed E-state index contributed by atoms with van der Waals surface area (Å²) >= 11 is 7.13. The Morgan fingerprint density at radius 1 is 0.805 bits per heavy atom. The highest BCUT2D eigenvalue weighted by Crippen LogP contribution is 2.37. The van der Waals surface area contributed by atoms with Crippen LogP contribution in [0.2, 0.25) is 0 Å². The minimum atomic E-state index is -0.440. The number of carbonyl (C=O) groups is 1. The van der Waals surface area contributed by atoms with Crippen LogP contribution in [0.15, 0.2) is 106 Å². The Morgan fingerprint density at radius 2 is 1.44 bits per heavy atom. The second kappa shape index (κ2) is 15.1. The molecule has 41 heavy (non-hydrogen) atoms. The number of ether oxygens (including phenoxy) is 3. The molecule has 208 valence electrons. The molecule has 0 saturated carbocycles. The molecule has 4 aromatic carbocycles. The molecule has 0 radical (unpaired) electrons. The summed E-state index contributed by atoms with van der Waals surface area (Å²) in [6.07, 6.45) is 1.54. The van der Waals surface area contributed by atoms with Crippen LogP contribution in [0, 0.1) is 11.3 Å². The molecule has 0 aliphatic heterocycles. The van der Waals surface area contributed by atoms with E-state index in [4.69, 9.17) is 14.2 Å². The van der Waals surface area contributed by atoms with Crippen molar-refractivity contribution in [1.82, 2.24) is 5.32 Å². The molecule has 0 aliphatic carbocycles. The molecule has 0 aromatic heterocycles. The van der Waals surface area contributed by atoms with Gasteiger partial charge in [0.15, 0.2) is 11.5 Å². The minimum absolute atomic E-state index is 0.00595. The number of carbonyl (C=O) groups excluding carboxylic acids is 1. The van der Waals surface area contributed by atoms with Crippen LogP contribution in [0.3, 0.4) is 0 Å². The van der Waals surface area contributed by atoms with Gasteiger partial charge >= 0.3 is 0 Å². The Kier molecular flexibility index (Phi) is 11.0. The Hall–Kier alpha value is -4.06. The zero-order valence-electron chi connectivity index (χ0n) is 22.4. The van der Waals surface area contributed by atoms with Gasteiger partial charge in [0.1, 0.15) is 30.6 Å². The van der Waals surface area contributed by atoms with E-state index in [0.717, 1.165) is 16.7 Å². The molecule has 4 rings (SSSR count). The van der Waals surface area contributed by atoms with Crippen LogP contribution in [-0.4, -0.2) is 12.5 Å². The van der Waals surface area contributed by atoms with E-state index in [1.165, 1.54) is 0 Å². The van der Waals surface area contributed by atoms with Crippen LogP contribution in [0.5, 0.6) is 17.2 Å². The van der Waals surface area contributed by atoms with E-state index in [0.29, 0.717) is 51.5 Å². The molecule has 1 amide bonds. The number of hydrogen-bond acceptors (Lipinski definition) is 5. The lowest BCUT2D eigenvalue weighted by atomic mass is 10.1. The van der Waals surface area contributed by atoms with Gasteiger partial charge in [0.05, 0.1) is 15.6 Å². The van der Waals surface area contributed by atoms with Crippen molar-refractivity contribution in [1.29, 1.82) is 5.26 Å². The van der Waals surface area contributed by atoms with E-state index >= 15 is 0 Å². The molecule has 4 aromatic rings. The monoisotopic (exact) mass is 674 g/mol. The molecular formula is C33H28Br2N2O4. The lowest BCUT2D eigenvalue weighted by Crippen LogP contribution is -2.23.